The Morgan fingerprint density at radius 1 is 0.625 bits per heavy atom. The van der Waals surface area contributed by atoms with Crippen LogP contribution in [0.4, 0.5) is 0 Å². The van der Waals surface area contributed by atoms with Gasteiger partial charge in [0.25, 0.3) is 0 Å². The molecule has 0 aliphatic rings. The van der Waals surface area contributed by atoms with Gasteiger partial charge in [0.15, 0.2) is 0 Å². The molecule has 0 aliphatic heterocycles. The summed E-state index contributed by atoms with van der Waals surface area (Å²) in [5, 5.41) is 8.75. The van der Waals surface area contributed by atoms with Crippen LogP contribution in [0, 0.1) is 0 Å². The minimum Gasteiger partial charge on any atom is -0.481 e. The maximum absolute atomic E-state index is 12.2. The van der Waals surface area contributed by atoms with E-state index in [1.807, 2.05) is 0 Å². The summed E-state index contributed by atoms with van der Waals surface area (Å²) in [6, 6.07) is 0. The Morgan fingerprint density at radius 3 is 1.72 bits per heavy atom. The van der Waals surface area contributed by atoms with Crippen LogP contribution in [-0.2, 0) is 23.9 Å². The van der Waals surface area contributed by atoms with E-state index in [0.29, 0.717) is 38.7 Å². The molecular formula is C26H48O6. The molecule has 0 heterocycles. The van der Waals surface area contributed by atoms with Gasteiger partial charge < -0.3 is 14.6 Å². The highest BCUT2D eigenvalue weighted by molar-refractivity contribution is 5.69. The Bertz CT molecular complexity index is 477. The molecule has 32 heavy (non-hydrogen) atoms. The minimum absolute atomic E-state index is 0.143. The van der Waals surface area contributed by atoms with Gasteiger partial charge in [0.05, 0.1) is 6.61 Å². The van der Waals surface area contributed by atoms with Crippen LogP contribution in [0.5, 0.6) is 0 Å². The number of esters is 2. The summed E-state index contributed by atoms with van der Waals surface area (Å²) < 4.78 is 11.0. The van der Waals surface area contributed by atoms with E-state index in [-0.39, 0.29) is 24.5 Å². The molecule has 0 fully saturated rings. The van der Waals surface area contributed by atoms with Gasteiger partial charge in [-0.3, -0.25) is 14.4 Å². The lowest BCUT2D eigenvalue weighted by Gasteiger charge is -2.18. The Labute approximate surface area is 195 Å². The normalized spacial score (nSPS) is 11.8. The summed E-state index contributed by atoms with van der Waals surface area (Å²) in [6.45, 7) is 4.70. The first-order valence-corrected chi connectivity index (χ1v) is 13.1. The maximum Gasteiger partial charge on any atom is 0.306 e. The first-order chi connectivity index (χ1) is 15.5. The number of carboxylic acid groups (broad SMARTS) is 1. The summed E-state index contributed by atoms with van der Waals surface area (Å²) in [7, 11) is 0. The van der Waals surface area contributed by atoms with Crippen LogP contribution in [0.1, 0.15) is 136 Å². The minimum atomic E-state index is -0.775. The fourth-order valence-electron chi connectivity index (χ4n) is 3.65. The largest absolute Gasteiger partial charge is 0.481 e. The average Bonchev–Trinajstić information content (AvgIpc) is 2.75. The summed E-state index contributed by atoms with van der Waals surface area (Å²) in [5.41, 5.74) is 0. The van der Waals surface area contributed by atoms with Gasteiger partial charge >= 0.3 is 17.9 Å². The molecular weight excluding hydrogens is 408 g/mol. The fourth-order valence-corrected chi connectivity index (χ4v) is 3.65. The van der Waals surface area contributed by atoms with Gasteiger partial charge in [0.1, 0.15) is 6.10 Å². The van der Waals surface area contributed by atoms with Crippen molar-refractivity contribution in [1.29, 1.82) is 0 Å². The van der Waals surface area contributed by atoms with Crippen molar-refractivity contribution in [1.82, 2.24) is 0 Å². The lowest BCUT2D eigenvalue weighted by Crippen LogP contribution is -2.19. The second-order valence-corrected chi connectivity index (χ2v) is 8.80. The number of carbonyl (C=O) groups excluding carboxylic acids is 2. The predicted octanol–water partition coefficient (Wildman–Crippen LogP) is 6.98. The maximum atomic E-state index is 12.2. The van der Waals surface area contributed by atoms with Crippen LogP contribution in [0.3, 0.4) is 0 Å². The van der Waals surface area contributed by atoms with Crippen molar-refractivity contribution in [2.24, 2.45) is 0 Å². The second kappa shape index (κ2) is 22.6. The van der Waals surface area contributed by atoms with E-state index in [9.17, 15) is 14.4 Å². The van der Waals surface area contributed by atoms with Crippen LogP contribution in [-0.4, -0.2) is 35.7 Å². The zero-order valence-electron chi connectivity index (χ0n) is 20.7. The van der Waals surface area contributed by atoms with Gasteiger partial charge in [0, 0.05) is 19.3 Å². The Hall–Kier alpha value is -1.59. The quantitative estimate of drug-likeness (QED) is 0.132. The number of rotatable bonds is 23. The van der Waals surface area contributed by atoms with Crippen molar-refractivity contribution in [3.63, 3.8) is 0 Å². The Kier molecular flexibility index (Phi) is 21.5. The topological polar surface area (TPSA) is 89.9 Å². The molecule has 0 aromatic rings. The lowest BCUT2D eigenvalue weighted by molar-refractivity contribution is -0.151. The molecule has 0 spiro atoms. The van der Waals surface area contributed by atoms with E-state index in [0.717, 1.165) is 51.4 Å². The molecule has 1 atom stereocenters. The fraction of sp³-hybridized carbons (Fsp3) is 0.885. The van der Waals surface area contributed by atoms with E-state index >= 15 is 0 Å². The van der Waals surface area contributed by atoms with Crippen molar-refractivity contribution in [3.8, 4) is 0 Å². The van der Waals surface area contributed by atoms with Gasteiger partial charge in [-0.1, -0.05) is 71.6 Å². The lowest BCUT2D eigenvalue weighted by atomic mass is 10.0. The molecule has 0 saturated heterocycles. The summed E-state index contributed by atoms with van der Waals surface area (Å²) in [6.07, 6.45) is 16.2. The van der Waals surface area contributed by atoms with Gasteiger partial charge in [-0.25, -0.2) is 0 Å². The molecule has 6 nitrogen and oxygen atoms in total. The van der Waals surface area contributed by atoms with Crippen LogP contribution in [0.2, 0.25) is 0 Å². The van der Waals surface area contributed by atoms with Crippen LogP contribution >= 0.6 is 0 Å². The number of carbonyl (C=O) groups is 3. The summed E-state index contributed by atoms with van der Waals surface area (Å²) in [5.74, 6) is -1.07. The van der Waals surface area contributed by atoms with Crippen molar-refractivity contribution in [3.05, 3.63) is 0 Å². The highest BCUT2D eigenvalue weighted by Crippen LogP contribution is 2.16. The van der Waals surface area contributed by atoms with E-state index in [4.69, 9.17) is 14.6 Å². The Morgan fingerprint density at radius 2 is 1.12 bits per heavy atom. The number of hydrogen-bond donors (Lipinski definition) is 1. The second-order valence-electron chi connectivity index (χ2n) is 8.80. The van der Waals surface area contributed by atoms with E-state index in [2.05, 4.69) is 13.8 Å². The number of carboxylic acids is 1. The van der Waals surface area contributed by atoms with Crippen LogP contribution in [0.25, 0.3) is 0 Å². The molecule has 0 aromatic heterocycles. The Balaban J connectivity index is 4.15. The summed E-state index contributed by atoms with van der Waals surface area (Å²) >= 11 is 0. The van der Waals surface area contributed by atoms with Crippen LogP contribution in [0.15, 0.2) is 0 Å². The molecule has 6 heteroatoms. The third-order valence-electron chi connectivity index (χ3n) is 5.62. The molecule has 1 unspecified atom stereocenters. The summed E-state index contributed by atoms with van der Waals surface area (Å²) in [4.78, 5) is 34.7. The molecule has 188 valence electrons. The van der Waals surface area contributed by atoms with Crippen molar-refractivity contribution >= 4 is 17.9 Å². The number of aliphatic carboxylic acids is 1. The van der Waals surface area contributed by atoms with Gasteiger partial charge in [-0.2, -0.15) is 0 Å². The van der Waals surface area contributed by atoms with Gasteiger partial charge in [-0.05, 0) is 44.9 Å². The first-order valence-electron chi connectivity index (χ1n) is 13.1. The smallest absolute Gasteiger partial charge is 0.306 e. The molecule has 0 rings (SSSR count). The molecule has 0 saturated carbocycles. The zero-order valence-corrected chi connectivity index (χ0v) is 20.7. The van der Waals surface area contributed by atoms with E-state index in [1.54, 1.807) is 0 Å². The highest BCUT2D eigenvalue weighted by Gasteiger charge is 2.15. The molecule has 0 radical (unpaired) electrons. The number of ether oxygens (including phenoxy) is 2. The monoisotopic (exact) mass is 456 g/mol. The zero-order chi connectivity index (χ0) is 23.9. The molecule has 0 bridgehead atoms. The van der Waals surface area contributed by atoms with Crippen molar-refractivity contribution in [2.45, 2.75) is 142 Å². The van der Waals surface area contributed by atoms with Crippen molar-refractivity contribution < 1.29 is 29.0 Å². The van der Waals surface area contributed by atoms with Crippen molar-refractivity contribution in [2.75, 3.05) is 6.61 Å². The molecule has 0 aromatic carbocycles. The highest BCUT2D eigenvalue weighted by atomic mass is 16.5. The third-order valence-corrected chi connectivity index (χ3v) is 5.62. The molecule has 0 amide bonds. The van der Waals surface area contributed by atoms with E-state index in [1.165, 1.54) is 32.1 Å². The van der Waals surface area contributed by atoms with E-state index < -0.39 is 5.97 Å². The molecule has 1 N–H and O–H groups in total. The first kappa shape index (κ1) is 30.4. The average molecular weight is 457 g/mol. The van der Waals surface area contributed by atoms with Crippen LogP contribution < -0.4 is 0 Å². The van der Waals surface area contributed by atoms with Gasteiger partial charge in [-0.15, -0.1) is 0 Å². The molecule has 0 aliphatic carbocycles. The standard InChI is InChI=1S/C26H48O6/c1-3-5-7-9-14-20-25(29)31-22-16-18-23(17-12-11-13-19-24(27)28)32-26(30)21-15-10-8-6-4-2/h23H,3-22H2,1-2H3,(H,27,28). The predicted molar refractivity (Wildman–Crippen MR) is 128 cm³/mol. The number of unbranched alkanes of at least 4 members (excludes halogenated alkanes) is 10. The number of hydrogen-bond acceptors (Lipinski definition) is 5. The van der Waals surface area contributed by atoms with Gasteiger partial charge in [0.2, 0.25) is 0 Å². The third kappa shape index (κ3) is 21.6. The SMILES string of the molecule is CCCCCCCC(=O)OCCCC(CCCCCC(=O)O)OC(=O)CCCCCCC.